The smallest absolute Gasteiger partial charge is 0.241 e. The van der Waals surface area contributed by atoms with Gasteiger partial charge in [0.2, 0.25) is 5.91 Å². The molecule has 0 spiro atoms. The summed E-state index contributed by atoms with van der Waals surface area (Å²) in [5.41, 5.74) is 7.24. The zero-order valence-corrected chi connectivity index (χ0v) is 13.5. The number of nitrogens with one attached hydrogen (secondary N) is 1. The van der Waals surface area contributed by atoms with Crippen LogP contribution >= 0.6 is 36.4 Å². The predicted molar refractivity (Wildman–Crippen MR) is 87.2 cm³/mol. The van der Waals surface area contributed by atoms with Crippen molar-refractivity contribution in [1.29, 1.82) is 0 Å². The van der Waals surface area contributed by atoms with Crippen molar-refractivity contribution >= 4 is 53.7 Å². The number of nitrogens with two attached hydrogens (primary N) is 1. The topological polar surface area (TPSA) is 58.4 Å². The summed E-state index contributed by atoms with van der Waals surface area (Å²) in [5, 5.41) is 3.37. The van der Waals surface area contributed by atoms with E-state index in [1.165, 1.54) is 0 Å². The van der Waals surface area contributed by atoms with Crippen LogP contribution in [0.5, 0.6) is 0 Å². The molecule has 0 aromatic heterocycles. The molecule has 1 rings (SSSR count). The summed E-state index contributed by atoms with van der Waals surface area (Å²) >= 11 is 5.92. The number of benzene rings is 1. The number of nitrogens with zero attached hydrogens (tertiary/aromatic N) is 1. The van der Waals surface area contributed by atoms with Crippen LogP contribution in [0.4, 0.5) is 11.4 Å². The van der Waals surface area contributed by atoms with E-state index in [2.05, 4.69) is 5.32 Å². The van der Waals surface area contributed by atoms with E-state index in [4.69, 9.17) is 17.3 Å². The molecule has 0 unspecified atom stereocenters. The summed E-state index contributed by atoms with van der Waals surface area (Å²) < 4.78 is 0. The van der Waals surface area contributed by atoms with E-state index < -0.39 is 6.04 Å². The number of carbonyl (C=O) groups excluding carboxylic acids is 1. The maximum Gasteiger partial charge on any atom is 0.241 e. The molecule has 0 radical (unpaired) electrons. The van der Waals surface area contributed by atoms with Crippen molar-refractivity contribution in [3.8, 4) is 0 Å². The quantitative estimate of drug-likeness (QED) is 0.893. The average Bonchev–Trinajstić information content (AvgIpc) is 2.27. The minimum atomic E-state index is -0.496. The molecule has 0 aliphatic rings. The lowest BCUT2D eigenvalue weighted by Gasteiger charge is -2.19. The molecule has 0 heterocycles. The van der Waals surface area contributed by atoms with Gasteiger partial charge in [0.15, 0.2) is 0 Å². The maximum atomic E-state index is 11.7. The van der Waals surface area contributed by atoms with E-state index in [0.717, 1.165) is 5.69 Å². The lowest BCUT2D eigenvalue weighted by molar-refractivity contribution is -0.117. The Balaban J connectivity index is 0. The van der Waals surface area contributed by atoms with Crippen LogP contribution in [-0.2, 0) is 4.79 Å². The Morgan fingerprint density at radius 1 is 1.42 bits per heavy atom. The van der Waals surface area contributed by atoms with Gasteiger partial charge in [0.25, 0.3) is 0 Å². The number of hydrogen-bond donors (Lipinski definition) is 2. The largest absolute Gasteiger partial charge is 0.376 e. The minimum Gasteiger partial charge on any atom is -0.376 e. The van der Waals surface area contributed by atoms with Crippen LogP contribution in [0.3, 0.4) is 0 Å². The van der Waals surface area contributed by atoms with E-state index in [0.29, 0.717) is 17.1 Å². The van der Waals surface area contributed by atoms with E-state index in [1.54, 1.807) is 12.1 Å². The van der Waals surface area contributed by atoms with Crippen LogP contribution in [0.2, 0.25) is 5.02 Å². The third-order valence-corrected chi connectivity index (χ3v) is 2.71. The van der Waals surface area contributed by atoms with Gasteiger partial charge in [-0.05, 0) is 24.6 Å². The standard InChI is InChI=1S/C12H18ClN3O.2ClH/c1-4-9(14)12(17)15-10-7-8(13)5-6-11(10)16(2)3;;/h5-7,9H,4,14H2,1-3H3,(H,15,17);2*1H/t9-;;/m0../s1. The van der Waals surface area contributed by atoms with Crippen LogP contribution in [0.25, 0.3) is 0 Å². The highest BCUT2D eigenvalue weighted by Crippen LogP contribution is 2.27. The molecule has 3 N–H and O–H groups in total. The first-order valence-corrected chi connectivity index (χ1v) is 5.86. The van der Waals surface area contributed by atoms with Gasteiger partial charge in [0.05, 0.1) is 17.4 Å². The summed E-state index contributed by atoms with van der Waals surface area (Å²) in [6.45, 7) is 1.87. The fourth-order valence-corrected chi connectivity index (χ4v) is 1.58. The second-order valence-corrected chi connectivity index (χ2v) is 4.50. The van der Waals surface area contributed by atoms with Crippen molar-refractivity contribution in [2.24, 2.45) is 5.73 Å². The number of anilines is 2. The van der Waals surface area contributed by atoms with Crippen molar-refractivity contribution < 1.29 is 4.79 Å². The van der Waals surface area contributed by atoms with Gasteiger partial charge in [0.1, 0.15) is 0 Å². The molecule has 1 amide bonds. The highest BCUT2D eigenvalue weighted by Gasteiger charge is 2.14. The number of hydrogen-bond acceptors (Lipinski definition) is 3. The molecule has 0 aliphatic carbocycles. The highest BCUT2D eigenvalue weighted by atomic mass is 35.5. The Hall–Kier alpha value is -0.680. The number of amides is 1. The SMILES string of the molecule is CC[C@H](N)C(=O)Nc1cc(Cl)ccc1N(C)C.Cl.Cl. The van der Waals surface area contributed by atoms with Crippen molar-refractivity contribution in [3.63, 3.8) is 0 Å². The summed E-state index contributed by atoms with van der Waals surface area (Å²) in [7, 11) is 3.80. The Kier molecular flexibility index (Phi) is 10.1. The van der Waals surface area contributed by atoms with Crippen molar-refractivity contribution in [2.75, 3.05) is 24.3 Å². The van der Waals surface area contributed by atoms with Crippen molar-refractivity contribution in [1.82, 2.24) is 0 Å². The highest BCUT2D eigenvalue weighted by molar-refractivity contribution is 6.31. The molecule has 1 aromatic rings. The predicted octanol–water partition coefficient (Wildman–Crippen LogP) is 2.93. The molecule has 0 saturated heterocycles. The molecule has 0 bridgehead atoms. The van der Waals surface area contributed by atoms with Gasteiger partial charge in [0, 0.05) is 19.1 Å². The molecule has 7 heteroatoms. The van der Waals surface area contributed by atoms with Crippen LogP contribution in [0.15, 0.2) is 18.2 Å². The number of carbonyl (C=O) groups is 1. The van der Waals surface area contributed by atoms with E-state index in [1.807, 2.05) is 32.0 Å². The summed E-state index contributed by atoms with van der Waals surface area (Å²) in [6, 6.07) is 4.86. The average molecular weight is 329 g/mol. The van der Waals surface area contributed by atoms with Gasteiger partial charge in [-0.15, -0.1) is 24.8 Å². The fraction of sp³-hybridized carbons (Fsp3) is 0.417. The molecule has 19 heavy (non-hydrogen) atoms. The van der Waals surface area contributed by atoms with Crippen LogP contribution in [-0.4, -0.2) is 26.0 Å². The van der Waals surface area contributed by atoms with Crippen LogP contribution in [0, 0.1) is 0 Å². The van der Waals surface area contributed by atoms with Gasteiger partial charge in [-0.25, -0.2) is 0 Å². The minimum absolute atomic E-state index is 0. The summed E-state index contributed by atoms with van der Waals surface area (Å²) in [4.78, 5) is 13.6. The molecule has 0 saturated carbocycles. The second-order valence-electron chi connectivity index (χ2n) is 4.06. The van der Waals surface area contributed by atoms with E-state index >= 15 is 0 Å². The maximum absolute atomic E-state index is 11.7. The Bertz CT molecular complexity index is 413. The summed E-state index contributed by atoms with van der Waals surface area (Å²) in [5.74, 6) is -0.196. The lowest BCUT2D eigenvalue weighted by atomic mass is 10.2. The molecule has 4 nitrogen and oxygen atoms in total. The van der Waals surface area contributed by atoms with Crippen molar-refractivity contribution in [2.45, 2.75) is 19.4 Å². The first-order chi connectivity index (χ1) is 7.95. The van der Waals surface area contributed by atoms with Crippen LogP contribution in [0.1, 0.15) is 13.3 Å². The molecular formula is C12H20Cl3N3O. The molecular weight excluding hydrogens is 309 g/mol. The normalized spacial score (nSPS) is 10.8. The third-order valence-electron chi connectivity index (χ3n) is 2.47. The number of halogens is 3. The summed E-state index contributed by atoms with van der Waals surface area (Å²) in [6.07, 6.45) is 0.601. The monoisotopic (exact) mass is 327 g/mol. The Morgan fingerprint density at radius 2 is 2.00 bits per heavy atom. The van der Waals surface area contributed by atoms with Crippen LogP contribution < -0.4 is 16.0 Å². The van der Waals surface area contributed by atoms with Gasteiger partial charge < -0.3 is 16.0 Å². The molecule has 1 atom stereocenters. The Morgan fingerprint density at radius 3 is 2.47 bits per heavy atom. The molecule has 0 aliphatic heterocycles. The van der Waals surface area contributed by atoms with Gasteiger partial charge in [-0.1, -0.05) is 18.5 Å². The Labute approximate surface area is 131 Å². The first kappa shape index (κ1) is 20.6. The zero-order valence-electron chi connectivity index (χ0n) is 11.1. The second kappa shape index (κ2) is 9.26. The molecule has 0 fully saturated rings. The van der Waals surface area contributed by atoms with Gasteiger partial charge >= 0.3 is 0 Å². The lowest BCUT2D eigenvalue weighted by Crippen LogP contribution is -2.35. The first-order valence-electron chi connectivity index (χ1n) is 5.49. The fourth-order valence-electron chi connectivity index (χ4n) is 1.41. The van der Waals surface area contributed by atoms with Gasteiger partial charge in [-0.2, -0.15) is 0 Å². The van der Waals surface area contributed by atoms with Gasteiger partial charge in [-0.3, -0.25) is 4.79 Å². The van der Waals surface area contributed by atoms with Crippen molar-refractivity contribution in [3.05, 3.63) is 23.2 Å². The van der Waals surface area contributed by atoms with E-state index in [9.17, 15) is 4.79 Å². The number of rotatable bonds is 4. The zero-order chi connectivity index (χ0) is 13.0. The molecule has 110 valence electrons. The third kappa shape index (κ3) is 5.87. The molecule has 1 aromatic carbocycles. The van der Waals surface area contributed by atoms with E-state index in [-0.39, 0.29) is 30.7 Å².